The lowest BCUT2D eigenvalue weighted by molar-refractivity contribution is -0.0889. The molecule has 1 aromatic carbocycles. The first-order chi connectivity index (χ1) is 7.69. The molecule has 0 aliphatic rings. The predicted octanol–water partition coefficient (Wildman–Crippen LogP) is 4.05. The Bertz CT molecular complexity index is 331. The van der Waals surface area contributed by atoms with E-state index in [1.165, 1.54) is 12.1 Å². The maximum atomic E-state index is 13.1. The fourth-order valence-electron chi connectivity index (χ4n) is 1.40. The molecule has 0 radical (unpaired) electrons. The number of rotatable bonds is 6. The molecule has 0 spiro atoms. The second-order valence-electron chi connectivity index (χ2n) is 3.34. The van der Waals surface area contributed by atoms with E-state index in [1.54, 1.807) is 6.07 Å². The molecule has 0 aliphatic heterocycles. The molecule has 0 amide bonds. The highest BCUT2D eigenvalue weighted by molar-refractivity contribution is 9.10. The van der Waals surface area contributed by atoms with E-state index in [0.29, 0.717) is 6.61 Å². The van der Waals surface area contributed by atoms with Gasteiger partial charge in [-0.05, 0) is 37.1 Å². The van der Waals surface area contributed by atoms with Gasteiger partial charge in [-0.3, -0.25) is 0 Å². The summed E-state index contributed by atoms with van der Waals surface area (Å²) in [6.45, 7) is 4.75. The zero-order chi connectivity index (χ0) is 12.0. The lowest BCUT2D eigenvalue weighted by Gasteiger charge is -2.17. The summed E-state index contributed by atoms with van der Waals surface area (Å²) in [5.41, 5.74) is 0.821. The molecule has 0 heterocycles. The van der Waals surface area contributed by atoms with E-state index in [0.717, 1.165) is 16.5 Å². The first kappa shape index (κ1) is 13.6. The van der Waals surface area contributed by atoms with Crippen LogP contribution in [0, 0.1) is 5.82 Å². The van der Waals surface area contributed by atoms with Gasteiger partial charge in [-0.15, -0.1) is 0 Å². The molecule has 0 aliphatic carbocycles. The maximum absolute atomic E-state index is 13.1. The molecule has 0 bridgehead atoms. The Morgan fingerprint density at radius 2 is 2.12 bits per heavy atom. The third-order valence-electron chi connectivity index (χ3n) is 2.23. The van der Waals surface area contributed by atoms with Gasteiger partial charge in [-0.25, -0.2) is 4.39 Å². The number of ether oxygens (including phenoxy) is 2. The van der Waals surface area contributed by atoms with Gasteiger partial charge in [0.1, 0.15) is 12.6 Å². The Morgan fingerprint density at radius 1 is 1.38 bits per heavy atom. The molecule has 1 atom stereocenters. The number of hydrogen-bond donors (Lipinski definition) is 0. The van der Waals surface area contributed by atoms with Crippen LogP contribution in [0.4, 0.5) is 4.39 Å². The fourth-order valence-corrected chi connectivity index (χ4v) is 1.90. The molecule has 0 saturated heterocycles. The average molecular weight is 291 g/mol. The number of hydrogen-bond acceptors (Lipinski definition) is 2. The zero-order valence-corrected chi connectivity index (χ0v) is 11.1. The van der Waals surface area contributed by atoms with Gasteiger partial charge < -0.3 is 9.47 Å². The summed E-state index contributed by atoms with van der Waals surface area (Å²) in [4.78, 5) is 0. The third kappa shape index (κ3) is 3.85. The standard InChI is InChI=1S/C12H16BrFO2/c1-3-12(16-8-15-4-2)10-7-9(14)5-6-11(10)13/h5-7,12H,3-4,8H2,1-2H3/t12-/m1/s1. The molecule has 0 saturated carbocycles. The highest BCUT2D eigenvalue weighted by Gasteiger charge is 2.14. The van der Waals surface area contributed by atoms with Crippen LogP contribution < -0.4 is 0 Å². The van der Waals surface area contributed by atoms with Gasteiger partial charge in [-0.1, -0.05) is 22.9 Å². The highest BCUT2D eigenvalue weighted by atomic mass is 79.9. The second-order valence-corrected chi connectivity index (χ2v) is 4.19. The summed E-state index contributed by atoms with van der Waals surface area (Å²) < 4.78 is 24.6. The van der Waals surface area contributed by atoms with Crippen LogP contribution in [0.15, 0.2) is 22.7 Å². The van der Waals surface area contributed by atoms with Crippen molar-refractivity contribution in [2.45, 2.75) is 26.4 Å². The Balaban J connectivity index is 2.73. The van der Waals surface area contributed by atoms with Crippen molar-refractivity contribution in [1.29, 1.82) is 0 Å². The smallest absolute Gasteiger partial charge is 0.147 e. The number of benzene rings is 1. The minimum Gasteiger partial charge on any atom is -0.356 e. The van der Waals surface area contributed by atoms with E-state index in [4.69, 9.17) is 9.47 Å². The lowest BCUT2D eigenvalue weighted by Crippen LogP contribution is -2.08. The van der Waals surface area contributed by atoms with Crippen molar-refractivity contribution < 1.29 is 13.9 Å². The summed E-state index contributed by atoms with van der Waals surface area (Å²) in [5.74, 6) is -0.253. The molecule has 1 aromatic rings. The van der Waals surface area contributed by atoms with Crippen molar-refractivity contribution in [3.8, 4) is 0 Å². The van der Waals surface area contributed by atoms with Crippen LogP contribution in [0.5, 0.6) is 0 Å². The topological polar surface area (TPSA) is 18.5 Å². The first-order valence-corrected chi connectivity index (χ1v) is 6.12. The second kappa shape index (κ2) is 6.99. The molecule has 16 heavy (non-hydrogen) atoms. The van der Waals surface area contributed by atoms with Crippen LogP contribution in [0.2, 0.25) is 0 Å². The Labute approximate surface area is 104 Å². The summed E-state index contributed by atoms with van der Waals surface area (Å²) >= 11 is 3.39. The predicted molar refractivity (Wildman–Crippen MR) is 64.7 cm³/mol. The van der Waals surface area contributed by atoms with E-state index in [1.807, 2.05) is 13.8 Å². The summed E-state index contributed by atoms with van der Waals surface area (Å²) in [6, 6.07) is 4.60. The fraction of sp³-hybridized carbons (Fsp3) is 0.500. The maximum Gasteiger partial charge on any atom is 0.147 e. The first-order valence-electron chi connectivity index (χ1n) is 5.33. The molecule has 0 unspecified atom stereocenters. The lowest BCUT2D eigenvalue weighted by atomic mass is 10.1. The van der Waals surface area contributed by atoms with Crippen molar-refractivity contribution in [1.82, 2.24) is 0 Å². The van der Waals surface area contributed by atoms with E-state index >= 15 is 0 Å². The van der Waals surface area contributed by atoms with Gasteiger partial charge in [0.25, 0.3) is 0 Å². The molecule has 1 rings (SSSR count). The van der Waals surface area contributed by atoms with Crippen LogP contribution in [-0.4, -0.2) is 13.4 Å². The summed E-state index contributed by atoms with van der Waals surface area (Å²) in [7, 11) is 0. The molecule has 90 valence electrons. The molecule has 2 nitrogen and oxygen atoms in total. The van der Waals surface area contributed by atoms with E-state index in [9.17, 15) is 4.39 Å². The molecule has 0 fully saturated rings. The molecule has 4 heteroatoms. The van der Waals surface area contributed by atoms with E-state index in [-0.39, 0.29) is 18.7 Å². The quantitative estimate of drug-likeness (QED) is 0.581. The van der Waals surface area contributed by atoms with Crippen molar-refractivity contribution in [3.05, 3.63) is 34.1 Å². The molecule has 0 N–H and O–H groups in total. The molecular formula is C12H16BrFO2. The van der Waals surface area contributed by atoms with E-state index < -0.39 is 0 Å². The van der Waals surface area contributed by atoms with Crippen molar-refractivity contribution in [3.63, 3.8) is 0 Å². The van der Waals surface area contributed by atoms with Crippen LogP contribution in [0.25, 0.3) is 0 Å². The molecular weight excluding hydrogens is 275 g/mol. The monoisotopic (exact) mass is 290 g/mol. The molecule has 0 aromatic heterocycles. The van der Waals surface area contributed by atoms with E-state index in [2.05, 4.69) is 15.9 Å². The Morgan fingerprint density at radius 3 is 2.75 bits per heavy atom. The van der Waals surface area contributed by atoms with Gasteiger partial charge in [0, 0.05) is 11.1 Å². The van der Waals surface area contributed by atoms with Gasteiger partial charge in [0.15, 0.2) is 0 Å². The Hall–Kier alpha value is -0.450. The highest BCUT2D eigenvalue weighted by Crippen LogP contribution is 2.29. The van der Waals surface area contributed by atoms with Crippen LogP contribution in [0.3, 0.4) is 0 Å². The van der Waals surface area contributed by atoms with Crippen molar-refractivity contribution in [2.24, 2.45) is 0 Å². The van der Waals surface area contributed by atoms with Crippen molar-refractivity contribution >= 4 is 15.9 Å². The SMILES string of the molecule is CCOCO[C@H](CC)c1cc(F)ccc1Br. The normalized spacial score (nSPS) is 12.8. The Kier molecular flexibility index (Phi) is 5.95. The summed E-state index contributed by atoms with van der Waals surface area (Å²) in [6.07, 6.45) is 0.631. The third-order valence-corrected chi connectivity index (χ3v) is 2.95. The average Bonchev–Trinajstić information content (AvgIpc) is 2.28. The largest absolute Gasteiger partial charge is 0.356 e. The van der Waals surface area contributed by atoms with Crippen LogP contribution >= 0.6 is 15.9 Å². The van der Waals surface area contributed by atoms with Gasteiger partial charge in [0.05, 0.1) is 6.10 Å². The van der Waals surface area contributed by atoms with Crippen LogP contribution in [-0.2, 0) is 9.47 Å². The van der Waals surface area contributed by atoms with Crippen LogP contribution in [0.1, 0.15) is 31.9 Å². The van der Waals surface area contributed by atoms with Crippen molar-refractivity contribution in [2.75, 3.05) is 13.4 Å². The summed E-state index contributed by atoms with van der Waals surface area (Å²) in [5, 5.41) is 0. The minimum atomic E-state index is -0.253. The zero-order valence-electron chi connectivity index (χ0n) is 9.50. The van der Waals surface area contributed by atoms with Gasteiger partial charge in [0.2, 0.25) is 0 Å². The van der Waals surface area contributed by atoms with Gasteiger partial charge >= 0.3 is 0 Å². The number of halogens is 2. The minimum absolute atomic E-state index is 0.142. The van der Waals surface area contributed by atoms with Gasteiger partial charge in [-0.2, -0.15) is 0 Å².